The molecule has 2 aromatic rings. The van der Waals surface area contributed by atoms with Crippen molar-refractivity contribution < 1.29 is 14.3 Å². The lowest BCUT2D eigenvalue weighted by molar-refractivity contribution is -0.181. The second-order valence-corrected chi connectivity index (χ2v) is 8.01. The summed E-state index contributed by atoms with van der Waals surface area (Å²) in [5, 5.41) is 0. The second kappa shape index (κ2) is 8.51. The van der Waals surface area contributed by atoms with Crippen LogP contribution in [0.15, 0.2) is 48.7 Å². The first-order chi connectivity index (χ1) is 14.1. The molecule has 0 bridgehead atoms. The number of hydrogen-bond acceptors (Lipinski definition) is 5. The minimum Gasteiger partial charge on any atom is -0.350 e. The largest absolute Gasteiger partial charge is 0.350 e. The fraction of sp³-hybridized carbons (Fsp3) is 0.478. The van der Waals surface area contributed by atoms with Crippen LogP contribution in [0.4, 0.5) is 5.82 Å². The molecule has 2 saturated heterocycles. The Morgan fingerprint density at radius 3 is 2.48 bits per heavy atom. The van der Waals surface area contributed by atoms with Gasteiger partial charge >= 0.3 is 0 Å². The number of hydrogen-bond donors (Lipinski definition) is 0. The summed E-state index contributed by atoms with van der Waals surface area (Å²) in [7, 11) is 0. The van der Waals surface area contributed by atoms with Gasteiger partial charge in [0.1, 0.15) is 5.82 Å². The van der Waals surface area contributed by atoms with Crippen LogP contribution in [0.5, 0.6) is 0 Å². The average Bonchev–Trinajstić information content (AvgIpc) is 3.20. The number of benzene rings is 1. The minimum absolute atomic E-state index is 0.0462. The smallest absolute Gasteiger partial charge is 0.254 e. The molecule has 29 heavy (non-hydrogen) atoms. The van der Waals surface area contributed by atoms with Gasteiger partial charge in [-0.15, -0.1) is 0 Å². The predicted molar refractivity (Wildman–Crippen MR) is 112 cm³/mol. The molecule has 2 aliphatic heterocycles. The predicted octanol–water partition coefficient (Wildman–Crippen LogP) is 3.48. The zero-order valence-corrected chi connectivity index (χ0v) is 17.2. The summed E-state index contributed by atoms with van der Waals surface area (Å²) in [6, 6.07) is 14.3. The maximum Gasteiger partial charge on any atom is 0.254 e. The van der Waals surface area contributed by atoms with Gasteiger partial charge in [0.25, 0.3) is 5.91 Å². The summed E-state index contributed by atoms with van der Waals surface area (Å²) in [4.78, 5) is 21.8. The van der Waals surface area contributed by atoms with E-state index in [0.717, 1.165) is 25.2 Å². The van der Waals surface area contributed by atoms with Gasteiger partial charge in [0.05, 0.1) is 13.2 Å². The van der Waals surface area contributed by atoms with Gasteiger partial charge in [-0.3, -0.25) is 4.79 Å². The Bertz CT molecular complexity index is 824. The van der Waals surface area contributed by atoms with Crippen molar-refractivity contribution in [2.45, 2.75) is 45.1 Å². The molecule has 1 aromatic heterocycles. The number of nitrogens with zero attached hydrogens (tertiary/aromatic N) is 3. The van der Waals surface area contributed by atoms with Crippen molar-refractivity contribution in [1.82, 2.24) is 9.88 Å². The third kappa shape index (κ3) is 4.43. The SMILES string of the molecule is CC(C)N(Cc1ccccc1)c1cc(C(=O)N2CCC3(CC2)OCCO3)ccn1. The summed E-state index contributed by atoms with van der Waals surface area (Å²) in [5.41, 5.74) is 1.90. The molecule has 0 unspecified atom stereocenters. The quantitative estimate of drug-likeness (QED) is 0.776. The number of amides is 1. The zero-order valence-electron chi connectivity index (χ0n) is 17.2. The normalized spacial score (nSPS) is 18.4. The van der Waals surface area contributed by atoms with Gasteiger partial charge in [-0.25, -0.2) is 4.98 Å². The molecule has 3 heterocycles. The number of carbonyl (C=O) groups excluding carboxylic acids is 1. The highest BCUT2D eigenvalue weighted by atomic mass is 16.7. The topological polar surface area (TPSA) is 54.9 Å². The fourth-order valence-corrected chi connectivity index (χ4v) is 4.04. The average molecular weight is 396 g/mol. The molecule has 0 aliphatic carbocycles. The van der Waals surface area contributed by atoms with E-state index >= 15 is 0 Å². The molecule has 6 heteroatoms. The summed E-state index contributed by atoms with van der Waals surface area (Å²) in [6.45, 7) is 7.63. The van der Waals surface area contributed by atoms with Crippen LogP contribution in [0.2, 0.25) is 0 Å². The molecule has 0 radical (unpaired) electrons. The number of pyridine rings is 1. The van der Waals surface area contributed by atoms with E-state index in [0.29, 0.717) is 31.9 Å². The number of rotatable bonds is 5. The maximum atomic E-state index is 13.1. The molecule has 1 spiro atoms. The molecular formula is C23H29N3O3. The Kier molecular flexibility index (Phi) is 5.83. The van der Waals surface area contributed by atoms with E-state index in [1.807, 2.05) is 29.2 Å². The minimum atomic E-state index is -0.468. The Balaban J connectivity index is 1.47. The fourth-order valence-electron chi connectivity index (χ4n) is 4.04. The summed E-state index contributed by atoms with van der Waals surface area (Å²) < 4.78 is 11.5. The molecular weight excluding hydrogens is 366 g/mol. The van der Waals surface area contributed by atoms with E-state index < -0.39 is 5.79 Å². The van der Waals surface area contributed by atoms with Crippen molar-refractivity contribution in [2.24, 2.45) is 0 Å². The third-order valence-electron chi connectivity index (χ3n) is 5.73. The van der Waals surface area contributed by atoms with Gasteiger partial charge in [0.15, 0.2) is 5.79 Å². The summed E-state index contributed by atoms with van der Waals surface area (Å²) in [5.74, 6) is 0.403. The van der Waals surface area contributed by atoms with E-state index in [1.54, 1.807) is 12.3 Å². The second-order valence-electron chi connectivity index (χ2n) is 8.01. The lowest BCUT2D eigenvalue weighted by Crippen LogP contribution is -2.47. The van der Waals surface area contributed by atoms with E-state index in [1.165, 1.54) is 5.56 Å². The van der Waals surface area contributed by atoms with E-state index in [-0.39, 0.29) is 11.9 Å². The number of ether oxygens (including phenoxy) is 2. The van der Waals surface area contributed by atoms with Gasteiger partial charge in [0.2, 0.25) is 0 Å². The molecule has 2 fully saturated rings. The van der Waals surface area contributed by atoms with Gasteiger partial charge in [-0.05, 0) is 31.5 Å². The van der Waals surface area contributed by atoms with E-state index in [9.17, 15) is 4.79 Å². The Morgan fingerprint density at radius 1 is 1.14 bits per heavy atom. The van der Waals surface area contributed by atoms with E-state index in [4.69, 9.17) is 9.47 Å². The number of likely N-dealkylation sites (tertiary alicyclic amines) is 1. The van der Waals surface area contributed by atoms with Gasteiger partial charge in [0, 0.05) is 50.3 Å². The first kappa shape index (κ1) is 19.9. The molecule has 6 nitrogen and oxygen atoms in total. The van der Waals surface area contributed by atoms with Crippen LogP contribution < -0.4 is 4.90 Å². The maximum absolute atomic E-state index is 13.1. The standard InChI is InChI=1S/C23H29N3O3/c1-18(2)26(17-19-6-4-3-5-7-19)21-16-20(8-11-24-21)22(27)25-12-9-23(10-13-25)28-14-15-29-23/h3-8,11,16,18H,9-10,12-15,17H2,1-2H3. The highest BCUT2D eigenvalue weighted by Gasteiger charge is 2.40. The first-order valence-electron chi connectivity index (χ1n) is 10.4. The third-order valence-corrected chi connectivity index (χ3v) is 5.73. The monoisotopic (exact) mass is 395 g/mol. The highest BCUT2D eigenvalue weighted by Crippen LogP contribution is 2.32. The van der Waals surface area contributed by atoms with Crippen molar-refractivity contribution in [2.75, 3.05) is 31.2 Å². The Labute approximate surface area is 172 Å². The Morgan fingerprint density at radius 2 is 1.83 bits per heavy atom. The van der Waals surface area contributed by atoms with Crippen LogP contribution in [-0.4, -0.2) is 53.9 Å². The number of anilines is 1. The number of carbonyl (C=O) groups is 1. The highest BCUT2D eigenvalue weighted by molar-refractivity contribution is 5.95. The molecule has 0 saturated carbocycles. The lowest BCUT2D eigenvalue weighted by Gasteiger charge is -2.37. The summed E-state index contributed by atoms with van der Waals surface area (Å²) >= 11 is 0. The summed E-state index contributed by atoms with van der Waals surface area (Å²) in [6.07, 6.45) is 3.18. The number of piperidine rings is 1. The van der Waals surface area contributed by atoms with Crippen LogP contribution in [-0.2, 0) is 16.0 Å². The molecule has 1 aromatic carbocycles. The van der Waals surface area contributed by atoms with Crippen molar-refractivity contribution in [1.29, 1.82) is 0 Å². The van der Waals surface area contributed by atoms with Crippen molar-refractivity contribution in [3.8, 4) is 0 Å². The van der Waals surface area contributed by atoms with Crippen LogP contribution in [0.1, 0.15) is 42.6 Å². The zero-order chi connectivity index (χ0) is 20.3. The van der Waals surface area contributed by atoms with Gasteiger partial charge in [-0.2, -0.15) is 0 Å². The molecule has 2 aliphatic rings. The molecule has 0 N–H and O–H groups in total. The Hall–Kier alpha value is -2.44. The van der Waals surface area contributed by atoms with Crippen LogP contribution in [0.3, 0.4) is 0 Å². The van der Waals surface area contributed by atoms with Crippen molar-refractivity contribution in [3.05, 3.63) is 59.8 Å². The lowest BCUT2D eigenvalue weighted by atomic mass is 10.0. The number of aromatic nitrogens is 1. The molecule has 154 valence electrons. The van der Waals surface area contributed by atoms with Crippen LogP contribution in [0, 0.1) is 0 Å². The van der Waals surface area contributed by atoms with Gasteiger partial charge < -0.3 is 19.3 Å². The van der Waals surface area contributed by atoms with Crippen molar-refractivity contribution in [3.63, 3.8) is 0 Å². The molecule has 0 atom stereocenters. The van der Waals surface area contributed by atoms with Gasteiger partial charge in [-0.1, -0.05) is 30.3 Å². The van der Waals surface area contributed by atoms with Crippen LogP contribution in [0.25, 0.3) is 0 Å². The van der Waals surface area contributed by atoms with Crippen molar-refractivity contribution >= 4 is 11.7 Å². The van der Waals surface area contributed by atoms with Crippen LogP contribution >= 0.6 is 0 Å². The van der Waals surface area contributed by atoms with E-state index in [2.05, 4.69) is 35.9 Å². The molecule has 4 rings (SSSR count). The molecule has 1 amide bonds. The first-order valence-corrected chi connectivity index (χ1v) is 10.4.